The molecule has 0 aromatic heterocycles. The van der Waals surface area contributed by atoms with Crippen LogP contribution in [0.3, 0.4) is 0 Å². The molecule has 1 atom stereocenters. The van der Waals surface area contributed by atoms with Gasteiger partial charge in [-0.2, -0.15) is 0 Å². The zero-order valence-corrected chi connectivity index (χ0v) is 12.3. The van der Waals surface area contributed by atoms with Gasteiger partial charge < -0.3 is 5.73 Å². The zero-order valence-electron chi connectivity index (χ0n) is 9.87. The Morgan fingerprint density at radius 1 is 1.53 bits per heavy atom. The molecule has 3 N–H and O–H groups in total. The summed E-state index contributed by atoms with van der Waals surface area (Å²) in [6, 6.07) is 2.80. The second kappa shape index (κ2) is 7.01. The van der Waals surface area contributed by atoms with Crippen LogP contribution < -0.4 is 10.5 Å². The summed E-state index contributed by atoms with van der Waals surface area (Å²) in [4.78, 5) is 9.53. The second-order valence-electron chi connectivity index (χ2n) is 3.63. The summed E-state index contributed by atoms with van der Waals surface area (Å²) in [5.74, 6) is 0. The van der Waals surface area contributed by atoms with Crippen LogP contribution in [0.1, 0.15) is 6.92 Å². The first-order valence-corrected chi connectivity index (χ1v) is 6.80. The number of nitro groups is 1. The van der Waals surface area contributed by atoms with E-state index in [-0.39, 0.29) is 24.0 Å². The SMILES string of the molecule is C[C@@H](CN)NS(=O)(=O)c1cc(Cl)ccc1[N+](=O)[O-].Cl. The molecular weight excluding hydrogens is 317 g/mol. The Morgan fingerprint density at radius 2 is 2.11 bits per heavy atom. The van der Waals surface area contributed by atoms with Crippen molar-refractivity contribution in [2.45, 2.75) is 17.9 Å². The predicted molar refractivity (Wildman–Crippen MR) is 74.2 cm³/mol. The number of nitrogens with zero attached hydrogens (tertiary/aromatic N) is 1. The lowest BCUT2D eigenvalue weighted by Gasteiger charge is -2.12. The van der Waals surface area contributed by atoms with Crippen LogP contribution in [0.2, 0.25) is 5.02 Å². The molecule has 108 valence electrons. The van der Waals surface area contributed by atoms with Gasteiger partial charge in [-0.25, -0.2) is 13.1 Å². The lowest BCUT2D eigenvalue weighted by Crippen LogP contribution is -2.37. The van der Waals surface area contributed by atoms with Gasteiger partial charge >= 0.3 is 0 Å². The summed E-state index contributed by atoms with van der Waals surface area (Å²) >= 11 is 5.66. The van der Waals surface area contributed by atoms with E-state index in [0.29, 0.717) is 0 Å². The Balaban J connectivity index is 0.00000324. The standard InChI is InChI=1S/C9H12ClN3O4S.ClH/c1-6(5-11)12-18(16,17)9-4-7(10)2-3-8(9)13(14)15;/h2-4,6,12H,5,11H2,1H3;1H/t6-;/m0./s1. The summed E-state index contributed by atoms with van der Waals surface area (Å²) in [5.41, 5.74) is 4.77. The topological polar surface area (TPSA) is 115 Å². The number of nitrogens with one attached hydrogen (secondary N) is 1. The van der Waals surface area contributed by atoms with Gasteiger partial charge in [0, 0.05) is 23.7 Å². The maximum absolute atomic E-state index is 11.9. The zero-order chi connectivity index (χ0) is 13.9. The number of nitro benzene ring substituents is 1. The van der Waals surface area contributed by atoms with Crippen LogP contribution in [0, 0.1) is 10.1 Å². The third kappa shape index (κ3) is 4.59. The maximum Gasteiger partial charge on any atom is 0.289 e. The molecule has 10 heteroatoms. The Morgan fingerprint density at radius 3 is 2.58 bits per heavy atom. The minimum absolute atomic E-state index is 0. The van der Waals surface area contributed by atoms with E-state index in [9.17, 15) is 18.5 Å². The van der Waals surface area contributed by atoms with E-state index in [1.807, 2.05) is 0 Å². The van der Waals surface area contributed by atoms with E-state index in [0.717, 1.165) is 12.1 Å². The van der Waals surface area contributed by atoms with E-state index in [4.69, 9.17) is 17.3 Å². The van der Waals surface area contributed by atoms with Crippen molar-refractivity contribution in [2.75, 3.05) is 6.54 Å². The van der Waals surface area contributed by atoms with Crippen LogP contribution in [0.4, 0.5) is 5.69 Å². The third-order valence-electron chi connectivity index (χ3n) is 2.12. The Bertz CT molecular complexity index is 565. The van der Waals surface area contributed by atoms with E-state index >= 15 is 0 Å². The van der Waals surface area contributed by atoms with E-state index < -0.39 is 31.6 Å². The van der Waals surface area contributed by atoms with Gasteiger partial charge in [-0.05, 0) is 19.1 Å². The highest BCUT2D eigenvalue weighted by molar-refractivity contribution is 7.89. The Labute approximate surface area is 121 Å². The molecule has 0 bridgehead atoms. The summed E-state index contributed by atoms with van der Waals surface area (Å²) < 4.78 is 26.1. The highest BCUT2D eigenvalue weighted by Gasteiger charge is 2.27. The molecule has 7 nitrogen and oxygen atoms in total. The smallest absolute Gasteiger partial charge is 0.289 e. The first kappa shape index (κ1) is 18.1. The molecule has 0 fully saturated rings. The van der Waals surface area contributed by atoms with Crippen molar-refractivity contribution >= 4 is 39.7 Å². The van der Waals surface area contributed by atoms with E-state index in [1.165, 1.54) is 6.07 Å². The number of rotatable bonds is 5. The first-order valence-electron chi connectivity index (χ1n) is 4.94. The third-order valence-corrected chi connectivity index (χ3v) is 3.97. The van der Waals surface area contributed by atoms with Crippen molar-refractivity contribution in [2.24, 2.45) is 5.73 Å². The molecule has 19 heavy (non-hydrogen) atoms. The number of nitrogens with two attached hydrogens (primary N) is 1. The van der Waals surface area contributed by atoms with Crippen LogP contribution in [0.25, 0.3) is 0 Å². The average molecular weight is 330 g/mol. The number of halogens is 2. The minimum atomic E-state index is -4.03. The van der Waals surface area contributed by atoms with Crippen molar-refractivity contribution in [1.29, 1.82) is 0 Å². The maximum atomic E-state index is 11.9. The molecule has 0 aliphatic heterocycles. The van der Waals surface area contributed by atoms with E-state index in [1.54, 1.807) is 6.92 Å². The molecular formula is C9H13Cl2N3O4S. The number of hydrogen-bond donors (Lipinski definition) is 2. The van der Waals surface area contributed by atoms with Crippen molar-refractivity contribution in [1.82, 2.24) is 4.72 Å². The molecule has 0 saturated heterocycles. The van der Waals surface area contributed by atoms with Gasteiger partial charge in [-0.15, -0.1) is 12.4 Å². The van der Waals surface area contributed by atoms with Gasteiger partial charge in [-0.1, -0.05) is 11.6 Å². The number of hydrogen-bond acceptors (Lipinski definition) is 5. The summed E-state index contributed by atoms with van der Waals surface area (Å²) in [6.07, 6.45) is 0. The van der Waals surface area contributed by atoms with Crippen molar-refractivity contribution in [3.63, 3.8) is 0 Å². The molecule has 0 spiro atoms. The van der Waals surface area contributed by atoms with Gasteiger partial charge in [0.15, 0.2) is 4.90 Å². The van der Waals surface area contributed by atoms with Crippen molar-refractivity contribution < 1.29 is 13.3 Å². The van der Waals surface area contributed by atoms with Crippen LogP contribution in [0.5, 0.6) is 0 Å². The van der Waals surface area contributed by atoms with E-state index in [2.05, 4.69) is 4.72 Å². The molecule has 0 radical (unpaired) electrons. The molecule has 0 aliphatic carbocycles. The Kier molecular flexibility index (Phi) is 6.67. The van der Waals surface area contributed by atoms with Crippen molar-refractivity contribution in [3.8, 4) is 0 Å². The fourth-order valence-electron chi connectivity index (χ4n) is 1.23. The monoisotopic (exact) mass is 329 g/mol. The van der Waals surface area contributed by atoms with Gasteiger partial charge in [-0.3, -0.25) is 10.1 Å². The molecule has 0 heterocycles. The largest absolute Gasteiger partial charge is 0.329 e. The molecule has 0 saturated carbocycles. The van der Waals surface area contributed by atoms with Crippen LogP contribution in [0.15, 0.2) is 23.1 Å². The molecule has 1 aromatic rings. The lowest BCUT2D eigenvalue weighted by atomic mass is 10.3. The first-order chi connectivity index (χ1) is 8.27. The average Bonchev–Trinajstić information content (AvgIpc) is 2.27. The fourth-order valence-corrected chi connectivity index (χ4v) is 2.92. The van der Waals surface area contributed by atoms with Crippen molar-refractivity contribution in [3.05, 3.63) is 33.3 Å². The van der Waals surface area contributed by atoms with Gasteiger partial charge in [0.25, 0.3) is 5.69 Å². The molecule has 0 amide bonds. The quantitative estimate of drug-likeness (QED) is 0.623. The normalized spacial score (nSPS) is 12.6. The van der Waals surface area contributed by atoms with Gasteiger partial charge in [0.2, 0.25) is 10.0 Å². The Hall–Kier alpha value is -0.930. The molecule has 1 rings (SSSR count). The second-order valence-corrected chi connectivity index (χ2v) is 5.75. The fraction of sp³-hybridized carbons (Fsp3) is 0.333. The number of benzene rings is 1. The summed E-state index contributed by atoms with van der Waals surface area (Å²) in [6.45, 7) is 1.63. The molecule has 0 unspecified atom stereocenters. The lowest BCUT2D eigenvalue weighted by molar-refractivity contribution is -0.387. The minimum Gasteiger partial charge on any atom is -0.329 e. The van der Waals surface area contributed by atoms with Crippen LogP contribution >= 0.6 is 24.0 Å². The predicted octanol–water partition coefficient (Wildman–Crippen LogP) is 1.30. The van der Waals surface area contributed by atoms with Crippen LogP contribution in [-0.2, 0) is 10.0 Å². The molecule has 1 aromatic carbocycles. The number of sulfonamides is 1. The highest BCUT2D eigenvalue weighted by atomic mass is 35.5. The summed E-state index contributed by atoms with van der Waals surface area (Å²) in [5, 5.41) is 10.9. The van der Waals surface area contributed by atoms with Crippen LogP contribution in [-0.4, -0.2) is 25.9 Å². The molecule has 0 aliphatic rings. The summed E-state index contributed by atoms with van der Waals surface area (Å²) in [7, 11) is -4.03. The van der Waals surface area contributed by atoms with Gasteiger partial charge in [0.05, 0.1) is 4.92 Å². The highest BCUT2D eigenvalue weighted by Crippen LogP contribution is 2.26. The van der Waals surface area contributed by atoms with Gasteiger partial charge in [0.1, 0.15) is 0 Å².